The number of alkyl halides is 4. The molecule has 1 atom stereocenters. The summed E-state index contributed by atoms with van der Waals surface area (Å²) in [5.41, 5.74) is 2.31. The zero-order valence-electron chi connectivity index (χ0n) is 15.5. The minimum atomic E-state index is -3.08. The summed E-state index contributed by atoms with van der Waals surface area (Å²) >= 11 is 0. The lowest BCUT2D eigenvalue weighted by molar-refractivity contribution is 0.0459. The van der Waals surface area contributed by atoms with E-state index in [1.807, 2.05) is 0 Å². The number of nitrogens with two attached hydrogens (primary N) is 1. The Hall–Kier alpha value is -3.11. The third kappa shape index (κ3) is 4.39. The summed E-state index contributed by atoms with van der Waals surface area (Å²) in [7, 11) is 0. The summed E-state index contributed by atoms with van der Waals surface area (Å²) in [6, 6.07) is 2.88. The summed E-state index contributed by atoms with van der Waals surface area (Å²) in [4.78, 5) is 23.2. The fraction of sp³-hybridized carbons (Fsp3) is 0.368. The predicted octanol–water partition coefficient (Wildman–Crippen LogP) is 3.56. The molecular formula is C19H17F5N4O2. The number of ether oxygens (including phenoxy) is 1. The van der Waals surface area contributed by atoms with Gasteiger partial charge in [-0.3, -0.25) is 9.78 Å². The molecule has 2 N–H and O–H groups in total. The van der Waals surface area contributed by atoms with Gasteiger partial charge in [0.1, 0.15) is 17.2 Å². The Bertz CT molecular complexity index is 952. The highest BCUT2D eigenvalue weighted by Crippen LogP contribution is 2.40. The molecule has 1 aromatic heterocycles. The fourth-order valence-electron chi connectivity index (χ4n) is 3.16. The van der Waals surface area contributed by atoms with Gasteiger partial charge in [-0.1, -0.05) is 6.07 Å². The van der Waals surface area contributed by atoms with Crippen molar-refractivity contribution >= 4 is 11.8 Å². The number of Topliss-reactive ketones (excluding diaryl/α,β-unsaturated/α-hetero) is 1. The lowest BCUT2D eigenvalue weighted by atomic mass is 9.84. The standard InChI is InChI=1S/C19H17F5N4O2/c20-12-3-2-10(7-15(29)13-8-27-14(9-26-13)16(21)22)6-11(12)19(17(23)24)4-1-5-30-18(25)28-19/h2-3,6,8-9,16-17H,1,4-5,7H2,(H2,25,28)/t19-/m0/s1. The number of amidine groups is 1. The van der Waals surface area contributed by atoms with E-state index in [1.54, 1.807) is 0 Å². The summed E-state index contributed by atoms with van der Waals surface area (Å²) < 4.78 is 72.7. The van der Waals surface area contributed by atoms with Gasteiger partial charge in [0, 0.05) is 12.0 Å². The molecule has 1 aliphatic heterocycles. The highest BCUT2D eigenvalue weighted by Gasteiger charge is 2.45. The second-order valence-corrected chi connectivity index (χ2v) is 6.67. The zero-order valence-corrected chi connectivity index (χ0v) is 15.5. The van der Waals surface area contributed by atoms with Crippen LogP contribution in [0.1, 0.15) is 46.6 Å². The second kappa shape index (κ2) is 8.72. The molecule has 0 unspecified atom stereocenters. The first-order valence-electron chi connectivity index (χ1n) is 8.91. The van der Waals surface area contributed by atoms with Gasteiger partial charge in [0.2, 0.25) is 0 Å². The van der Waals surface area contributed by atoms with Crippen molar-refractivity contribution in [2.75, 3.05) is 6.61 Å². The molecular weight excluding hydrogens is 411 g/mol. The number of nitrogens with zero attached hydrogens (tertiary/aromatic N) is 3. The number of carbonyl (C=O) groups is 1. The van der Waals surface area contributed by atoms with Crippen molar-refractivity contribution in [1.29, 1.82) is 0 Å². The van der Waals surface area contributed by atoms with Crippen molar-refractivity contribution in [2.24, 2.45) is 10.7 Å². The van der Waals surface area contributed by atoms with Gasteiger partial charge in [-0.2, -0.15) is 0 Å². The molecule has 0 bridgehead atoms. The smallest absolute Gasteiger partial charge is 0.283 e. The van der Waals surface area contributed by atoms with Crippen molar-refractivity contribution in [2.45, 2.75) is 37.7 Å². The number of benzene rings is 1. The topological polar surface area (TPSA) is 90.5 Å². The number of hydrogen-bond acceptors (Lipinski definition) is 6. The maximum Gasteiger partial charge on any atom is 0.283 e. The van der Waals surface area contributed by atoms with Crippen molar-refractivity contribution < 1.29 is 31.5 Å². The molecule has 0 saturated heterocycles. The normalized spacial score (nSPS) is 19.4. The van der Waals surface area contributed by atoms with Crippen LogP contribution in [0.5, 0.6) is 0 Å². The van der Waals surface area contributed by atoms with Crippen molar-refractivity contribution in [3.05, 3.63) is 58.9 Å². The van der Waals surface area contributed by atoms with Crippen LogP contribution in [0.2, 0.25) is 0 Å². The molecule has 30 heavy (non-hydrogen) atoms. The number of ketones is 1. The maximum absolute atomic E-state index is 14.5. The number of rotatable bonds is 6. The van der Waals surface area contributed by atoms with Crippen molar-refractivity contribution in [1.82, 2.24) is 9.97 Å². The molecule has 0 radical (unpaired) electrons. The Kier molecular flexibility index (Phi) is 6.28. The molecule has 0 fully saturated rings. The van der Waals surface area contributed by atoms with E-state index in [4.69, 9.17) is 10.5 Å². The second-order valence-electron chi connectivity index (χ2n) is 6.67. The Morgan fingerprint density at radius 3 is 2.60 bits per heavy atom. The molecule has 11 heteroatoms. The van der Waals surface area contributed by atoms with Crippen LogP contribution in [-0.2, 0) is 16.7 Å². The number of hydrogen-bond donors (Lipinski definition) is 1. The molecule has 0 amide bonds. The SMILES string of the molecule is NC1=N[C@@](c2cc(CC(=O)c3cnc(C(F)F)cn3)ccc2F)(C(F)F)CCCO1. The highest BCUT2D eigenvalue weighted by molar-refractivity contribution is 5.95. The van der Waals surface area contributed by atoms with E-state index >= 15 is 0 Å². The fourth-order valence-corrected chi connectivity index (χ4v) is 3.16. The average molecular weight is 428 g/mol. The Morgan fingerprint density at radius 2 is 1.97 bits per heavy atom. The number of aliphatic imine (C=N–C) groups is 1. The van der Waals surface area contributed by atoms with Crippen LogP contribution >= 0.6 is 0 Å². The van der Waals surface area contributed by atoms with Crippen LogP contribution < -0.4 is 5.73 Å². The quantitative estimate of drug-likeness (QED) is 0.561. The molecule has 1 aliphatic rings. The van der Waals surface area contributed by atoms with Gasteiger partial charge >= 0.3 is 0 Å². The molecule has 1 aromatic carbocycles. The van der Waals surface area contributed by atoms with Crippen LogP contribution in [0.4, 0.5) is 22.0 Å². The van der Waals surface area contributed by atoms with Crippen molar-refractivity contribution in [3.8, 4) is 0 Å². The molecule has 0 spiro atoms. The molecule has 3 rings (SSSR count). The molecule has 0 aliphatic carbocycles. The summed E-state index contributed by atoms with van der Waals surface area (Å²) in [6.07, 6.45) is -4.59. The van der Waals surface area contributed by atoms with Crippen LogP contribution in [0, 0.1) is 5.82 Å². The van der Waals surface area contributed by atoms with Gasteiger partial charge in [0.25, 0.3) is 18.9 Å². The minimum Gasteiger partial charge on any atom is -0.465 e. The molecule has 0 saturated carbocycles. The first-order chi connectivity index (χ1) is 14.2. The largest absolute Gasteiger partial charge is 0.465 e. The van der Waals surface area contributed by atoms with E-state index in [1.165, 1.54) is 6.07 Å². The monoisotopic (exact) mass is 428 g/mol. The number of aromatic nitrogens is 2. The van der Waals surface area contributed by atoms with E-state index in [0.29, 0.717) is 0 Å². The third-order valence-electron chi connectivity index (χ3n) is 4.67. The molecule has 6 nitrogen and oxygen atoms in total. The van der Waals surface area contributed by atoms with Crippen LogP contribution in [0.3, 0.4) is 0 Å². The summed E-state index contributed by atoms with van der Waals surface area (Å²) in [5.74, 6) is -1.52. The van der Waals surface area contributed by atoms with E-state index in [2.05, 4.69) is 15.0 Å². The first kappa shape index (κ1) is 21.6. The Labute approximate surface area is 168 Å². The van der Waals surface area contributed by atoms with Crippen LogP contribution in [0.25, 0.3) is 0 Å². The van der Waals surface area contributed by atoms with Crippen LogP contribution in [-0.4, -0.2) is 34.8 Å². The van der Waals surface area contributed by atoms with E-state index < -0.39 is 47.3 Å². The van der Waals surface area contributed by atoms with Gasteiger partial charge in [-0.05, 0) is 30.5 Å². The predicted molar refractivity (Wildman–Crippen MR) is 95.9 cm³/mol. The number of halogens is 5. The maximum atomic E-state index is 14.5. The summed E-state index contributed by atoms with van der Waals surface area (Å²) in [6.45, 7) is 0.0664. The van der Waals surface area contributed by atoms with Gasteiger partial charge in [0.15, 0.2) is 11.3 Å². The van der Waals surface area contributed by atoms with Gasteiger partial charge < -0.3 is 10.5 Å². The summed E-state index contributed by atoms with van der Waals surface area (Å²) in [5, 5.41) is 0. The van der Waals surface area contributed by atoms with Gasteiger partial charge in [-0.15, -0.1) is 0 Å². The van der Waals surface area contributed by atoms with E-state index in [0.717, 1.165) is 24.5 Å². The minimum absolute atomic E-state index is 0.0664. The third-order valence-corrected chi connectivity index (χ3v) is 4.67. The van der Waals surface area contributed by atoms with Crippen molar-refractivity contribution in [3.63, 3.8) is 0 Å². The lowest BCUT2D eigenvalue weighted by Gasteiger charge is -2.29. The Morgan fingerprint density at radius 1 is 1.20 bits per heavy atom. The molecule has 2 heterocycles. The molecule has 160 valence electrons. The van der Waals surface area contributed by atoms with E-state index in [9.17, 15) is 26.7 Å². The van der Waals surface area contributed by atoms with Gasteiger partial charge in [0.05, 0.1) is 19.0 Å². The van der Waals surface area contributed by atoms with Gasteiger partial charge in [-0.25, -0.2) is 31.9 Å². The Balaban J connectivity index is 1.92. The van der Waals surface area contributed by atoms with Crippen LogP contribution in [0.15, 0.2) is 35.6 Å². The molecule has 2 aromatic rings. The average Bonchev–Trinajstić information content (AvgIpc) is 2.91. The van der Waals surface area contributed by atoms with E-state index in [-0.39, 0.29) is 37.1 Å². The lowest BCUT2D eigenvalue weighted by Crippen LogP contribution is -2.35. The highest BCUT2D eigenvalue weighted by atomic mass is 19.3. The zero-order chi connectivity index (χ0) is 21.9. The number of carbonyl (C=O) groups excluding carboxylic acids is 1. The first-order valence-corrected chi connectivity index (χ1v) is 8.91.